The minimum atomic E-state index is -0.781. The predicted octanol–water partition coefficient (Wildman–Crippen LogP) is 0.726. The SMILES string of the molecule is Cc1nc(-c2cccnc2)ncc1C(=O)N1CC[C@@]2(CC(=O)NC2=O)C1. The van der Waals surface area contributed by atoms with E-state index in [0.717, 1.165) is 5.56 Å². The summed E-state index contributed by atoms with van der Waals surface area (Å²) in [7, 11) is 0. The number of hydrogen-bond acceptors (Lipinski definition) is 6. The van der Waals surface area contributed by atoms with E-state index in [1.165, 1.54) is 6.20 Å². The lowest BCUT2D eigenvalue weighted by atomic mass is 9.85. The van der Waals surface area contributed by atoms with Gasteiger partial charge < -0.3 is 4.90 Å². The molecule has 8 heteroatoms. The monoisotopic (exact) mass is 351 g/mol. The molecule has 0 aliphatic carbocycles. The number of nitrogens with zero attached hydrogens (tertiary/aromatic N) is 4. The summed E-state index contributed by atoms with van der Waals surface area (Å²) in [5.41, 5.74) is 0.962. The average molecular weight is 351 g/mol. The van der Waals surface area contributed by atoms with E-state index >= 15 is 0 Å². The fourth-order valence-electron chi connectivity index (χ4n) is 3.55. The second-order valence-corrected chi connectivity index (χ2v) is 6.75. The minimum absolute atomic E-state index is 0.144. The van der Waals surface area contributed by atoms with Gasteiger partial charge in [-0.2, -0.15) is 0 Å². The normalized spacial score (nSPS) is 22.1. The van der Waals surface area contributed by atoms with Crippen LogP contribution in [0.1, 0.15) is 28.9 Å². The molecule has 132 valence electrons. The first kappa shape index (κ1) is 16.3. The molecule has 0 saturated carbocycles. The largest absolute Gasteiger partial charge is 0.337 e. The van der Waals surface area contributed by atoms with Gasteiger partial charge >= 0.3 is 0 Å². The summed E-state index contributed by atoms with van der Waals surface area (Å²) in [6.07, 6.45) is 5.48. The summed E-state index contributed by atoms with van der Waals surface area (Å²) in [6, 6.07) is 3.65. The Labute approximate surface area is 149 Å². The fraction of sp³-hybridized carbons (Fsp3) is 0.333. The molecule has 4 rings (SSSR count). The van der Waals surface area contributed by atoms with Crippen LogP contribution in [-0.4, -0.2) is 50.7 Å². The number of pyridine rings is 1. The lowest BCUT2D eigenvalue weighted by molar-refractivity contribution is -0.128. The summed E-state index contributed by atoms with van der Waals surface area (Å²) in [6.45, 7) is 2.43. The van der Waals surface area contributed by atoms with Gasteiger partial charge in [-0.15, -0.1) is 0 Å². The van der Waals surface area contributed by atoms with Crippen molar-refractivity contribution < 1.29 is 14.4 Å². The number of likely N-dealkylation sites (tertiary alicyclic amines) is 1. The molecule has 0 aromatic carbocycles. The molecule has 0 unspecified atom stereocenters. The molecule has 2 fully saturated rings. The molecule has 2 aromatic heterocycles. The Morgan fingerprint density at radius 1 is 1.31 bits per heavy atom. The number of hydrogen-bond donors (Lipinski definition) is 1. The van der Waals surface area contributed by atoms with Crippen LogP contribution >= 0.6 is 0 Å². The van der Waals surface area contributed by atoms with Crippen molar-refractivity contribution >= 4 is 17.7 Å². The highest BCUT2D eigenvalue weighted by Gasteiger charge is 2.51. The molecular formula is C18H17N5O3. The molecule has 26 heavy (non-hydrogen) atoms. The molecule has 1 N–H and O–H groups in total. The quantitative estimate of drug-likeness (QED) is 0.800. The minimum Gasteiger partial charge on any atom is -0.337 e. The van der Waals surface area contributed by atoms with E-state index in [1.54, 1.807) is 30.3 Å². The smallest absolute Gasteiger partial charge is 0.257 e. The highest BCUT2D eigenvalue weighted by molar-refractivity contribution is 6.07. The molecule has 4 heterocycles. The van der Waals surface area contributed by atoms with Crippen molar-refractivity contribution in [2.24, 2.45) is 5.41 Å². The highest BCUT2D eigenvalue weighted by Crippen LogP contribution is 2.38. The zero-order valence-corrected chi connectivity index (χ0v) is 14.2. The van der Waals surface area contributed by atoms with Gasteiger partial charge in [0.2, 0.25) is 11.8 Å². The molecule has 0 radical (unpaired) electrons. The van der Waals surface area contributed by atoms with E-state index < -0.39 is 5.41 Å². The summed E-state index contributed by atoms with van der Waals surface area (Å²) in [5, 5.41) is 2.34. The van der Waals surface area contributed by atoms with Gasteiger partial charge in [0.25, 0.3) is 5.91 Å². The number of imide groups is 1. The molecule has 2 aliphatic rings. The third-order valence-corrected chi connectivity index (χ3v) is 5.00. The standard InChI is InChI=1S/C18H17N5O3/c1-11-13(9-20-15(21-11)12-3-2-5-19-8-12)16(25)23-6-4-18(10-23)7-14(24)22-17(18)26/h2-3,5,8-9H,4,6-7,10H2,1H3,(H,22,24,26)/t18-/m1/s1. The maximum absolute atomic E-state index is 12.9. The van der Waals surface area contributed by atoms with Crippen LogP contribution in [0.5, 0.6) is 0 Å². The Morgan fingerprint density at radius 3 is 2.81 bits per heavy atom. The van der Waals surface area contributed by atoms with Gasteiger partial charge in [0.05, 0.1) is 16.7 Å². The van der Waals surface area contributed by atoms with E-state index in [9.17, 15) is 14.4 Å². The Kier molecular flexibility index (Phi) is 3.75. The molecule has 0 bridgehead atoms. The van der Waals surface area contributed by atoms with Crippen molar-refractivity contribution in [3.05, 3.63) is 42.0 Å². The van der Waals surface area contributed by atoms with Crippen molar-refractivity contribution in [3.8, 4) is 11.4 Å². The number of carbonyl (C=O) groups is 3. The Hall–Kier alpha value is -3.16. The molecule has 2 aliphatic heterocycles. The number of amides is 3. The Bertz CT molecular complexity index is 914. The number of aromatic nitrogens is 3. The van der Waals surface area contributed by atoms with Crippen LogP contribution in [-0.2, 0) is 9.59 Å². The number of rotatable bonds is 2. The lowest BCUT2D eigenvalue weighted by Crippen LogP contribution is -2.37. The van der Waals surface area contributed by atoms with E-state index in [4.69, 9.17) is 0 Å². The zero-order chi connectivity index (χ0) is 18.3. The van der Waals surface area contributed by atoms with E-state index in [1.807, 2.05) is 6.07 Å². The average Bonchev–Trinajstić information content (AvgIpc) is 3.18. The van der Waals surface area contributed by atoms with Gasteiger partial charge in [-0.25, -0.2) is 9.97 Å². The summed E-state index contributed by atoms with van der Waals surface area (Å²) in [4.78, 5) is 50.8. The number of carbonyl (C=O) groups excluding carboxylic acids is 3. The van der Waals surface area contributed by atoms with Crippen molar-refractivity contribution in [1.82, 2.24) is 25.2 Å². The second-order valence-electron chi connectivity index (χ2n) is 6.75. The van der Waals surface area contributed by atoms with E-state index in [2.05, 4.69) is 20.3 Å². The first-order chi connectivity index (χ1) is 12.5. The third-order valence-electron chi connectivity index (χ3n) is 5.00. The van der Waals surface area contributed by atoms with Gasteiger partial charge in [0.15, 0.2) is 5.82 Å². The summed E-state index contributed by atoms with van der Waals surface area (Å²) < 4.78 is 0. The van der Waals surface area contributed by atoms with Crippen molar-refractivity contribution in [1.29, 1.82) is 0 Å². The molecule has 1 atom stereocenters. The van der Waals surface area contributed by atoms with Crippen LogP contribution in [0, 0.1) is 12.3 Å². The van der Waals surface area contributed by atoms with E-state index in [0.29, 0.717) is 30.0 Å². The van der Waals surface area contributed by atoms with Gasteiger partial charge in [-0.3, -0.25) is 24.7 Å². The summed E-state index contributed by atoms with van der Waals surface area (Å²) >= 11 is 0. The van der Waals surface area contributed by atoms with Gasteiger partial charge in [0, 0.05) is 43.7 Å². The molecule has 2 aromatic rings. The predicted molar refractivity (Wildman–Crippen MR) is 90.7 cm³/mol. The van der Waals surface area contributed by atoms with E-state index in [-0.39, 0.29) is 30.7 Å². The van der Waals surface area contributed by atoms with Gasteiger partial charge in [0.1, 0.15) is 0 Å². The van der Waals surface area contributed by atoms with Crippen molar-refractivity contribution in [2.45, 2.75) is 19.8 Å². The number of nitrogens with one attached hydrogen (secondary N) is 1. The molecule has 8 nitrogen and oxygen atoms in total. The zero-order valence-electron chi connectivity index (χ0n) is 14.2. The second kappa shape index (κ2) is 5.98. The fourth-order valence-corrected chi connectivity index (χ4v) is 3.55. The van der Waals surface area contributed by atoms with Crippen LogP contribution < -0.4 is 5.32 Å². The first-order valence-corrected chi connectivity index (χ1v) is 8.36. The molecule has 1 spiro atoms. The number of aryl methyl sites for hydroxylation is 1. The van der Waals surface area contributed by atoms with Crippen LogP contribution in [0.3, 0.4) is 0 Å². The highest BCUT2D eigenvalue weighted by atomic mass is 16.2. The lowest BCUT2D eigenvalue weighted by Gasteiger charge is -2.21. The van der Waals surface area contributed by atoms with Crippen molar-refractivity contribution in [3.63, 3.8) is 0 Å². The molecule has 2 saturated heterocycles. The third kappa shape index (κ3) is 2.63. The summed E-state index contributed by atoms with van der Waals surface area (Å²) in [5.74, 6) is -0.266. The van der Waals surface area contributed by atoms with Crippen LogP contribution in [0.2, 0.25) is 0 Å². The Morgan fingerprint density at radius 2 is 2.15 bits per heavy atom. The first-order valence-electron chi connectivity index (χ1n) is 8.36. The maximum Gasteiger partial charge on any atom is 0.257 e. The van der Waals surface area contributed by atoms with Gasteiger partial charge in [-0.1, -0.05) is 0 Å². The topological polar surface area (TPSA) is 105 Å². The van der Waals surface area contributed by atoms with Crippen LogP contribution in [0.15, 0.2) is 30.7 Å². The maximum atomic E-state index is 12.9. The van der Waals surface area contributed by atoms with Crippen LogP contribution in [0.25, 0.3) is 11.4 Å². The Balaban J connectivity index is 1.56. The van der Waals surface area contributed by atoms with Crippen molar-refractivity contribution in [2.75, 3.05) is 13.1 Å². The molecular weight excluding hydrogens is 334 g/mol. The van der Waals surface area contributed by atoms with Gasteiger partial charge in [-0.05, 0) is 25.5 Å². The molecule has 3 amide bonds. The van der Waals surface area contributed by atoms with Crippen LogP contribution in [0.4, 0.5) is 0 Å².